The molecule has 1 aromatic heterocycles. The van der Waals surface area contributed by atoms with E-state index in [1.54, 1.807) is 0 Å². The van der Waals surface area contributed by atoms with E-state index in [1.165, 1.54) is 24.4 Å². The maximum atomic E-state index is 13.9. The summed E-state index contributed by atoms with van der Waals surface area (Å²) in [6.07, 6.45) is 0.339. The number of benzene rings is 1. The van der Waals surface area contributed by atoms with E-state index in [2.05, 4.69) is 27.2 Å². The SMILES string of the molecule is C=CC(=O)Nc1cc(Nc2ncc(Cl)c(O[C@@H]3CO[C@H]4[C@@H]3OC[C@H]4O)n2)ccc1F. The average Bonchev–Trinajstić information content (AvgIpc) is 3.30. The fraction of sp³-hybridized carbons (Fsp3) is 0.316. The van der Waals surface area contributed by atoms with Crippen LogP contribution in [0, 0.1) is 5.82 Å². The van der Waals surface area contributed by atoms with E-state index in [1.807, 2.05) is 0 Å². The number of nitrogens with zero attached hydrogens (tertiary/aromatic N) is 2. The van der Waals surface area contributed by atoms with Gasteiger partial charge in [-0.25, -0.2) is 9.37 Å². The van der Waals surface area contributed by atoms with Gasteiger partial charge in [0.2, 0.25) is 17.7 Å². The van der Waals surface area contributed by atoms with Gasteiger partial charge < -0.3 is 30.0 Å². The van der Waals surface area contributed by atoms with Crippen molar-refractivity contribution >= 4 is 34.8 Å². The van der Waals surface area contributed by atoms with Crippen molar-refractivity contribution in [1.29, 1.82) is 0 Å². The highest BCUT2D eigenvalue weighted by Crippen LogP contribution is 2.32. The molecular weight excluding hydrogens is 419 g/mol. The van der Waals surface area contributed by atoms with Crippen LogP contribution >= 0.6 is 11.6 Å². The minimum Gasteiger partial charge on any atom is -0.468 e. The second-order valence-electron chi connectivity index (χ2n) is 6.68. The zero-order chi connectivity index (χ0) is 21.3. The number of ether oxygens (including phenoxy) is 3. The summed E-state index contributed by atoms with van der Waals surface area (Å²) in [4.78, 5) is 19.8. The number of fused-ring (bicyclic) bond motifs is 1. The number of hydrogen-bond acceptors (Lipinski definition) is 8. The number of rotatable bonds is 6. The van der Waals surface area contributed by atoms with Crippen LogP contribution in [0.3, 0.4) is 0 Å². The molecule has 158 valence electrons. The molecule has 2 aromatic rings. The molecule has 1 aromatic carbocycles. The molecule has 0 spiro atoms. The number of carbonyl (C=O) groups is 1. The predicted octanol–water partition coefficient (Wildman–Crippen LogP) is 2.04. The molecule has 0 aliphatic carbocycles. The van der Waals surface area contributed by atoms with Crippen molar-refractivity contribution in [3.05, 3.63) is 47.9 Å². The summed E-state index contributed by atoms with van der Waals surface area (Å²) < 4.78 is 30.8. The van der Waals surface area contributed by atoms with Crippen LogP contribution < -0.4 is 15.4 Å². The van der Waals surface area contributed by atoms with Gasteiger partial charge in [-0.05, 0) is 24.3 Å². The molecule has 30 heavy (non-hydrogen) atoms. The van der Waals surface area contributed by atoms with Crippen LogP contribution in [0.4, 0.5) is 21.7 Å². The minimum absolute atomic E-state index is 0.0265. The summed E-state index contributed by atoms with van der Waals surface area (Å²) in [5, 5.41) is 15.3. The topological polar surface area (TPSA) is 115 Å². The molecule has 0 radical (unpaired) electrons. The molecule has 3 N–H and O–H groups in total. The monoisotopic (exact) mass is 436 g/mol. The molecule has 4 rings (SSSR count). The van der Waals surface area contributed by atoms with Crippen LogP contribution in [0.2, 0.25) is 5.02 Å². The summed E-state index contributed by atoms with van der Waals surface area (Å²) in [5.74, 6) is -0.896. The van der Waals surface area contributed by atoms with Gasteiger partial charge in [-0.3, -0.25) is 4.79 Å². The lowest BCUT2D eigenvalue weighted by molar-refractivity contribution is -0.111. The van der Waals surface area contributed by atoms with Crippen molar-refractivity contribution in [2.45, 2.75) is 24.4 Å². The van der Waals surface area contributed by atoms with E-state index in [0.29, 0.717) is 5.69 Å². The Kier molecular flexibility index (Phi) is 5.82. The van der Waals surface area contributed by atoms with Crippen molar-refractivity contribution in [3.63, 3.8) is 0 Å². The van der Waals surface area contributed by atoms with Crippen LogP contribution in [0.1, 0.15) is 0 Å². The smallest absolute Gasteiger partial charge is 0.247 e. The number of hydrogen-bond donors (Lipinski definition) is 3. The second-order valence-corrected chi connectivity index (χ2v) is 7.09. The van der Waals surface area contributed by atoms with Gasteiger partial charge in [0.05, 0.1) is 25.1 Å². The van der Waals surface area contributed by atoms with Gasteiger partial charge in [0.1, 0.15) is 29.2 Å². The summed E-state index contributed by atoms with van der Waals surface area (Å²) in [6, 6.07) is 4.03. The molecule has 0 bridgehead atoms. The molecule has 2 aliphatic heterocycles. The van der Waals surface area contributed by atoms with Crippen molar-refractivity contribution in [3.8, 4) is 5.88 Å². The number of amides is 1. The van der Waals surface area contributed by atoms with Gasteiger partial charge >= 0.3 is 0 Å². The van der Waals surface area contributed by atoms with Gasteiger partial charge in [-0.1, -0.05) is 18.2 Å². The number of halogens is 2. The van der Waals surface area contributed by atoms with Crippen LogP contribution in [-0.4, -0.2) is 58.6 Å². The highest BCUT2D eigenvalue weighted by atomic mass is 35.5. The van der Waals surface area contributed by atoms with E-state index in [9.17, 15) is 14.3 Å². The quantitative estimate of drug-likeness (QED) is 0.589. The van der Waals surface area contributed by atoms with Crippen molar-refractivity contribution < 1.29 is 28.5 Å². The van der Waals surface area contributed by atoms with E-state index in [4.69, 9.17) is 25.8 Å². The highest BCUT2D eigenvalue weighted by Gasteiger charge is 2.48. The van der Waals surface area contributed by atoms with Crippen molar-refractivity contribution in [1.82, 2.24) is 9.97 Å². The van der Waals surface area contributed by atoms with Crippen molar-refractivity contribution in [2.24, 2.45) is 0 Å². The molecule has 2 fully saturated rings. The fourth-order valence-electron chi connectivity index (χ4n) is 3.19. The summed E-state index contributed by atoms with van der Waals surface area (Å²) in [6.45, 7) is 3.73. The number of aliphatic hydroxyl groups excluding tert-OH is 1. The Morgan fingerprint density at radius 3 is 2.97 bits per heavy atom. The predicted molar refractivity (Wildman–Crippen MR) is 105 cm³/mol. The van der Waals surface area contributed by atoms with Crippen LogP contribution in [0.15, 0.2) is 37.1 Å². The maximum Gasteiger partial charge on any atom is 0.247 e. The molecule has 4 atom stereocenters. The first-order valence-electron chi connectivity index (χ1n) is 9.05. The van der Waals surface area contributed by atoms with Gasteiger partial charge in [0.15, 0.2) is 6.10 Å². The van der Waals surface area contributed by atoms with Gasteiger partial charge in [-0.15, -0.1) is 0 Å². The lowest BCUT2D eigenvalue weighted by atomic mass is 10.1. The molecule has 9 nitrogen and oxygen atoms in total. The molecule has 2 aliphatic rings. The molecule has 0 unspecified atom stereocenters. The van der Waals surface area contributed by atoms with Gasteiger partial charge in [0.25, 0.3) is 0 Å². The number of aliphatic hydroxyl groups is 1. The Labute approximate surface area is 175 Å². The number of carbonyl (C=O) groups excluding carboxylic acids is 1. The Morgan fingerprint density at radius 2 is 2.17 bits per heavy atom. The third-order valence-electron chi connectivity index (χ3n) is 4.62. The third-order valence-corrected chi connectivity index (χ3v) is 4.88. The summed E-state index contributed by atoms with van der Waals surface area (Å²) in [5.41, 5.74) is 0.400. The average molecular weight is 437 g/mol. The standard InChI is InChI=1S/C19H18ClFN4O5/c1-2-15(27)24-12-5-9(3-4-11(12)21)23-19-22-6-10(20)18(25-19)30-14-8-29-16-13(26)7-28-17(14)16/h2-6,13-14,16-17,26H,1,7-8H2,(H,24,27)(H,22,23,25)/t13-,14-,16-,17-/m1/s1. The fourth-order valence-corrected chi connectivity index (χ4v) is 3.33. The Bertz CT molecular complexity index is 978. The van der Waals surface area contributed by atoms with Gasteiger partial charge in [-0.2, -0.15) is 4.98 Å². The van der Waals surface area contributed by atoms with E-state index < -0.39 is 36.1 Å². The largest absolute Gasteiger partial charge is 0.468 e. The zero-order valence-electron chi connectivity index (χ0n) is 15.5. The highest BCUT2D eigenvalue weighted by molar-refractivity contribution is 6.31. The lowest BCUT2D eigenvalue weighted by Crippen LogP contribution is -2.34. The molecule has 2 saturated heterocycles. The minimum atomic E-state index is -0.698. The molecule has 3 heterocycles. The third kappa shape index (κ3) is 4.21. The molecule has 11 heteroatoms. The summed E-state index contributed by atoms with van der Waals surface area (Å²) in [7, 11) is 0. The first-order valence-corrected chi connectivity index (χ1v) is 9.43. The Hall–Kier alpha value is -2.79. The lowest BCUT2D eigenvalue weighted by Gasteiger charge is -2.18. The van der Waals surface area contributed by atoms with E-state index in [0.717, 1.165) is 6.08 Å². The van der Waals surface area contributed by atoms with E-state index >= 15 is 0 Å². The molecular formula is C19H18ClFN4O5. The first kappa shape index (κ1) is 20.5. The normalized spacial score (nSPS) is 24.9. The van der Waals surface area contributed by atoms with E-state index in [-0.39, 0.29) is 35.8 Å². The maximum absolute atomic E-state index is 13.9. The van der Waals surface area contributed by atoms with Crippen LogP contribution in [0.25, 0.3) is 0 Å². The number of nitrogens with one attached hydrogen (secondary N) is 2. The Morgan fingerprint density at radius 1 is 1.37 bits per heavy atom. The summed E-state index contributed by atoms with van der Waals surface area (Å²) >= 11 is 6.15. The van der Waals surface area contributed by atoms with Gasteiger partial charge in [0, 0.05) is 5.69 Å². The first-order chi connectivity index (χ1) is 14.4. The van der Waals surface area contributed by atoms with Crippen LogP contribution in [0.5, 0.6) is 5.88 Å². The zero-order valence-corrected chi connectivity index (χ0v) is 16.3. The van der Waals surface area contributed by atoms with Crippen LogP contribution in [-0.2, 0) is 14.3 Å². The molecule has 0 saturated carbocycles. The Balaban J connectivity index is 1.49. The van der Waals surface area contributed by atoms with Crippen molar-refractivity contribution in [2.75, 3.05) is 23.8 Å². The number of anilines is 3. The second kappa shape index (κ2) is 8.52. The number of aromatic nitrogens is 2. The molecule has 1 amide bonds.